The van der Waals surface area contributed by atoms with Crippen molar-refractivity contribution >= 4 is 17.4 Å². The fourth-order valence-electron chi connectivity index (χ4n) is 2.76. The first-order valence-electron chi connectivity index (χ1n) is 8.70. The summed E-state index contributed by atoms with van der Waals surface area (Å²) in [6, 6.07) is 15.3. The molecular formula is C20H20N4O4. The minimum Gasteiger partial charge on any atom is -0.497 e. The second-order valence-electron chi connectivity index (χ2n) is 6.25. The predicted molar refractivity (Wildman–Crippen MR) is 105 cm³/mol. The zero-order chi connectivity index (χ0) is 20.1. The number of nitro groups is 1. The third-order valence-electron chi connectivity index (χ3n) is 4.20. The van der Waals surface area contributed by atoms with Crippen LogP contribution in [0.3, 0.4) is 0 Å². The highest BCUT2D eigenvalue weighted by Gasteiger charge is 2.12. The molecular weight excluding hydrogens is 360 g/mol. The molecule has 0 saturated carbocycles. The Morgan fingerprint density at radius 3 is 2.46 bits per heavy atom. The van der Waals surface area contributed by atoms with Crippen LogP contribution in [0.2, 0.25) is 0 Å². The number of nitrogens with zero attached hydrogens (tertiary/aromatic N) is 3. The molecule has 2 aromatic carbocycles. The minimum absolute atomic E-state index is 0.00212. The lowest BCUT2D eigenvalue weighted by atomic mass is 10.1. The van der Waals surface area contributed by atoms with E-state index in [0.717, 1.165) is 17.0 Å². The summed E-state index contributed by atoms with van der Waals surface area (Å²) in [5, 5.41) is 18.0. The van der Waals surface area contributed by atoms with Crippen molar-refractivity contribution in [3.8, 4) is 11.4 Å². The highest BCUT2D eigenvalue weighted by atomic mass is 16.6. The van der Waals surface area contributed by atoms with Gasteiger partial charge in [0.25, 0.3) is 5.69 Å². The van der Waals surface area contributed by atoms with Crippen LogP contribution < -0.4 is 10.1 Å². The SMILES string of the molecule is COc1ccc(CCC(=O)Nc2cc(C)nn2-c2ccc([N+](=O)[O-])cc2)cc1. The van der Waals surface area contributed by atoms with Gasteiger partial charge in [-0.05, 0) is 43.2 Å². The second kappa shape index (κ2) is 8.34. The summed E-state index contributed by atoms with van der Waals surface area (Å²) in [7, 11) is 1.61. The summed E-state index contributed by atoms with van der Waals surface area (Å²) in [6.07, 6.45) is 0.914. The minimum atomic E-state index is -0.458. The van der Waals surface area contributed by atoms with Crippen molar-refractivity contribution in [2.24, 2.45) is 0 Å². The number of benzene rings is 2. The molecule has 3 aromatic rings. The monoisotopic (exact) mass is 380 g/mol. The Morgan fingerprint density at radius 1 is 1.18 bits per heavy atom. The van der Waals surface area contributed by atoms with Gasteiger partial charge in [0.15, 0.2) is 0 Å². The van der Waals surface area contributed by atoms with E-state index in [0.29, 0.717) is 24.3 Å². The van der Waals surface area contributed by atoms with Crippen molar-refractivity contribution in [3.05, 3.63) is 76.0 Å². The molecule has 1 amide bonds. The molecule has 28 heavy (non-hydrogen) atoms. The summed E-state index contributed by atoms with van der Waals surface area (Å²) in [5.41, 5.74) is 2.39. The molecule has 0 aliphatic carbocycles. The van der Waals surface area contributed by atoms with E-state index in [-0.39, 0.29) is 11.6 Å². The zero-order valence-corrected chi connectivity index (χ0v) is 15.6. The number of amides is 1. The number of carbonyl (C=O) groups is 1. The topological polar surface area (TPSA) is 99.3 Å². The first-order chi connectivity index (χ1) is 13.5. The Balaban J connectivity index is 1.68. The molecule has 8 nitrogen and oxygen atoms in total. The molecule has 1 N–H and O–H groups in total. The van der Waals surface area contributed by atoms with Gasteiger partial charge in [-0.2, -0.15) is 5.10 Å². The van der Waals surface area contributed by atoms with E-state index in [4.69, 9.17) is 4.74 Å². The average molecular weight is 380 g/mol. The molecule has 0 spiro atoms. The molecule has 0 unspecified atom stereocenters. The number of ether oxygens (including phenoxy) is 1. The molecule has 144 valence electrons. The Hall–Kier alpha value is -3.68. The maximum atomic E-state index is 12.4. The molecule has 1 heterocycles. The number of non-ortho nitro benzene ring substituents is 1. The largest absolute Gasteiger partial charge is 0.497 e. The number of methoxy groups -OCH3 is 1. The molecule has 0 atom stereocenters. The number of carbonyl (C=O) groups excluding carboxylic acids is 1. The summed E-state index contributed by atoms with van der Waals surface area (Å²) in [4.78, 5) is 22.7. The summed E-state index contributed by atoms with van der Waals surface area (Å²) in [6.45, 7) is 1.81. The Bertz CT molecular complexity index is 978. The zero-order valence-electron chi connectivity index (χ0n) is 15.6. The lowest BCUT2D eigenvalue weighted by Gasteiger charge is -2.09. The first-order valence-corrected chi connectivity index (χ1v) is 8.70. The van der Waals surface area contributed by atoms with Gasteiger partial charge in [0.05, 0.1) is 23.4 Å². The van der Waals surface area contributed by atoms with Crippen LogP contribution in [0.4, 0.5) is 11.5 Å². The number of rotatable bonds is 7. The van der Waals surface area contributed by atoms with Gasteiger partial charge in [-0.3, -0.25) is 14.9 Å². The summed E-state index contributed by atoms with van der Waals surface area (Å²) in [5.74, 6) is 1.15. The summed E-state index contributed by atoms with van der Waals surface area (Å²) < 4.78 is 6.69. The number of hydrogen-bond acceptors (Lipinski definition) is 5. The number of nitro benzene ring substituents is 1. The highest BCUT2D eigenvalue weighted by molar-refractivity contribution is 5.90. The van der Waals surface area contributed by atoms with E-state index < -0.39 is 4.92 Å². The molecule has 0 bridgehead atoms. The van der Waals surface area contributed by atoms with Crippen LogP contribution in [0.1, 0.15) is 17.7 Å². The van der Waals surface area contributed by atoms with Gasteiger partial charge in [-0.15, -0.1) is 0 Å². The van der Waals surface area contributed by atoms with Crippen LogP contribution in [0.5, 0.6) is 5.75 Å². The van der Waals surface area contributed by atoms with Crippen LogP contribution in [-0.2, 0) is 11.2 Å². The lowest BCUT2D eigenvalue weighted by molar-refractivity contribution is -0.384. The Morgan fingerprint density at radius 2 is 1.86 bits per heavy atom. The van der Waals surface area contributed by atoms with Crippen LogP contribution in [0.25, 0.3) is 5.69 Å². The third-order valence-corrected chi connectivity index (χ3v) is 4.20. The van der Waals surface area contributed by atoms with Crippen LogP contribution in [-0.4, -0.2) is 27.7 Å². The first kappa shape index (κ1) is 19.1. The van der Waals surface area contributed by atoms with E-state index >= 15 is 0 Å². The van der Waals surface area contributed by atoms with E-state index in [9.17, 15) is 14.9 Å². The fraction of sp³-hybridized carbons (Fsp3) is 0.200. The molecule has 0 aliphatic heterocycles. The number of anilines is 1. The van der Waals surface area contributed by atoms with E-state index in [1.807, 2.05) is 31.2 Å². The average Bonchev–Trinajstić information content (AvgIpc) is 3.06. The van der Waals surface area contributed by atoms with Gasteiger partial charge >= 0.3 is 0 Å². The van der Waals surface area contributed by atoms with Gasteiger partial charge < -0.3 is 10.1 Å². The standard InChI is InChI=1S/C20H20N4O4/c1-14-13-19(23(22-14)16-6-8-17(9-7-16)24(26)27)21-20(25)12-5-15-3-10-18(28-2)11-4-15/h3-4,6-11,13H,5,12H2,1-2H3,(H,21,25). The van der Waals surface area contributed by atoms with E-state index in [1.54, 1.807) is 30.0 Å². The number of aryl methyl sites for hydroxylation is 2. The number of hydrogen-bond donors (Lipinski definition) is 1. The molecule has 1 aromatic heterocycles. The number of nitrogens with one attached hydrogen (secondary N) is 1. The summed E-state index contributed by atoms with van der Waals surface area (Å²) >= 11 is 0. The molecule has 0 radical (unpaired) electrons. The predicted octanol–water partition coefficient (Wildman–Crippen LogP) is 3.67. The Kier molecular flexibility index (Phi) is 5.69. The molecule has 0 fully saturated rings. The maximum absolute atomic E-state index is 12.4. The molecule has 8 heteroatoms. The van der Waals surface area contributed by atoms with Crippen LogP contribution >= 0.6 is 0 Å². The van der Waals surface area contributed by atoms with Crippen LogP contribution in [0.15, 0.2) is 54.6 Å². The van der Waals surface area contributed by atoms with Gasteiger partial charge in [0.2, 0.25) is 5.91 Å². The van der Waals surface area contributed by atoms with Crippen molar-refractivity contribution in [1.82, 2.24) is 9.78 Å². The van der Waals surface area contributed by atoms with E-state index in [1.165, 1.54) is 12.1 Å². The quantitative estimate of drug-likeness (QED) is 0.498. The van der Waals surface area contributed by atoms with Gasteiger partial charge in [0.1, 0.15) is 11.6 Å². The maximum Gasteiger partial charge on any atom is 0.269 e. The normalized spacial score (nSPS) is 10.5. The highest BCUT2D eigenvalue weighted by Crippen LogP contribution is 2.20. The van der Waals surface area contributed by atoms with Crippen molar-refractivity contribution in [3.63, 3.8) is 0 Å². The van der Waals surface area contributed by atoms with Crippen molar-refractivity contribution in [2.75, 3.05) is 12.4 Å². The lowest BCUT2D eigenvalue weighted by Crippen LogP contribution is -2.15. The number of aromatic nitrogens is 2. The third kappa shape index (κ3) is 4.53. The fourth-order valence-corrected chi connectivity index (χ4v) is 2.76. The van der Waals surface area contributed by atoms with Gasteiger partial charge in [-0.1, -0.05) is 12.1 Å². The van der Waals surface area contributed by atoms with Crippen LogP contribution in [0, 0.1) is 17.0 Å². The Labute approximate surface area is 161 Å². The smallest absolute Gasteiger partial charge is 0.269 e. The molecule has 3 rings (SSSR count). The van der Waals surface area contributed by atoms with Crippen molar-refractivity contribution < 1.29 is 14.5 Å². The second-order valence-corrected chi connectivity index (χ2v) is 6.25. The molecule has 0 aliphatic rings. The van der Waals surface area contributed by atoms with Gasteiger partial charge in [-0.25, -0.2) is 4.68 Å². The van der Waals surface area contributed by atoms with Crippen molar-refractivity contribution in [1.29, 1.82) is 0 Å². The van der Waals surface area contributed by atoms with Gasteiger partial charge in [0, 0.05) is 24.6 Å². The van der Waals surface area contributed by atoms with E-state index in [2.05, 4.69) is 10.4 Å². The van der Waals surface area contributed by atoms with Crippen molar-refractivity contribution in [2.45, 2.75) is 19.8 Å². The molecule has 0 saturated heterocycles.